The normalized spacial score (nSPS) is 24.8. The highest BCUT2D eigenvalue weighted by atomic mass is 79.9. The number of piperazine rings is 1. The second kappa shape index (κ2) is 5.82. The van der Waals surface area contributed by atoms with Crippen LogP contribution in [0.1, 0.15) is 27.7 Å². The van der Waals surface area contributed by atoms with E-state index >= 15 is 0 Å². The smallest absolute Gasteiger partial charge is 0.399 e. The Labute approximate surface area is 142 Å². The second-order valence-corrected chi connectivity index (χ2v) is 8.08. The maximum atomic E-state index is 6.10. The van der Waals surface area contributed by atoms with E-state index in [0.717, 1.165) is 31.6 Å². The molecule has 0 amide bonds. The maximum absolute atomic E-state index is 6.10. The van der Waals surface area contributed by atoms with Crippen LogP contribution in [0, 0.1) is 0 Å². The molecule has 0 bridgehead atoms. The average molecular weight is 367 g/mol. The van der Waals surface area contributed by atoms with Crippen molar-refractivity contribution >= 4 is 34.4 Å². The van der Waals surface area contributed by atoms with Crippen molar-refractivity contribution in [3.63, 3.8) is 0 Å². The molecule has 0 aliphatic carbocycles. The van der Waals surface area contributed by atoms with Crippen LogP contribution >= 0.6 is 16.1 Å². The Morgan fingerprint density at radius 3 is 1.91 bits per heavy atom. The van der Waals surface area contributed by atoms with Gasteiger partial charge in [0.15, 0.2) is 0 Å². The zero-order valence-electron chi connectivity index (χ0n) is 13.8. The summed E-state index contributed by atoms with van der Waals surface area (Å²) in [7, 11) is -0.279. The first-order chi connectivity index (χ1) is 10.3. The summed E-state index contributed by atoms with van der Waals surface area (Å²) in [5.41, 5.74) is 1.77. The van der Waals surface area contributed by atoms with Crippen LogP contribution in [0.2, 0.25) is 0 Å². The van der Waals surface area contributed by atoms with E-state index in [4.69, 9.17) is 9.31 Å². The molecule has 2 saturated heterocycles. The van der Waals surface area contributed by atoms with E-state index in [0.29, 0.717) is 0 Å². The van der Waals surface area contributed by atoms with Crippen molar-refractivity contribution in [1.82, 2.24) is 3.93 Å². The van der Waals surface area contributed by atoms with Crippen LogP contribution in [-0.4, -0.2) is 48.4 Å². The molecule has 0 unspecified atom stereocenters. The predicted molar refractivity (Wildman–Crippen MR) is 94.9 cm³/mol. The van der Waals surface area contributed by atoms with Crippen molar-refractivity contribution in [2.24, 2.45) is 0 Å². The van der Waals surface area contributed by atoms with Crippen molar-refractivity contribution in [2.45, 2.75) is 38.9 Å². The molecule has 0 aromatic heterocycles. The topological polar surface area (TPSA) is 24.9 Å². The third-order valence-electron chi connectivity index (χ3n) is 5.01. The van der Waals surface area contributed by atoms with Gasteiger partial charge < -0.3 is 14.2 Å². The lowest BCUT2D eigenvalue weighted by Crippen LogP contribution is -2.42. The van der Waals surface area contributed by atoms with E-state index in [-0.39, 0.29) is 18.3 Å². The SMILES string of the molecule is CC1(C)OB(c2ccc(N3CCN(Br)CC3)cc2)OC1(C)C. The van der Waals surface area contributed by atoms with Gasteiger partial charge >= 0.3 is 7.12 Å². The highest BCUT2D eigenvalue weighted by Gasteiger charge is 2.51. The molecule has 0 radical (unpaired) electrons. The summed E-state index contributed by atoms with van der Waals surface area (Å²) in [6.45, 7) is 12.5. The summed E-state index contributed by atoms with van der Waals surface area (Å²) in [6.07, 6.45) is 0. The van der Waals surface area contributed by atoms with Gasteiger partial charge in [0.1, 0.15) is 0 Å². The molecule has 3 rings (SSSR count). The van der Waals surface area contributed by atoms with Gasteiger partial charge in [-0.25, -0.2) is 3.93 Å². The first-order valence-corrected chi connectivity index (χ1v) is 8.61. The minimum Gasteiger partial charge on any atom is -0.399 e. The number of halogens is 1. The zero-order chi connectivity index (χ0) is 16.0. The van der Waals surface area contributed by atoms with E-state index in [1.807, 2.05) is 0 Å². The van der Waals surface area contributed by atoms with E-state index < -0.39 is 0 Å². The molecule has 0 spiro atoms. The van der Waals surface area contributed by atoms with Crippen LogP contribution in [0.4, 0.5) is 5.69 Å². The fourth-order valence-corrected chi connectivity index (χ4v) is 3.08. The molecule has 2 aliphatic heterocycles. The minimum atomic E-state index is -0.289. The van der Waals surface area contributed by atoms with Crippen molar-refractivity contribution in [3.05, 3.63) is 24.3 Å². The molecular formula is C16H24BBrN2O2. The molecular weight excluding hydrogens is 343 g/mol. The monoisotopic (exact) mass is 366 g/mol. The number of nitrogens with zero attached hydrogens (tertiary/aromatic N) is 2. The Bertz CT molecular complexity index is 511. The third kappa shape index (κ3) is 3.07. The number of benzene rings is 1. The summed E-state index contributed by atoms with van der Waals surface area (Å²) in [5.74, 6) is 0. The molecule has 1 aromatic rings. The summed E-state index contributed by atoms with van der Waals surface area (Å²) in [6, 6.07) is 8.59. The first kappa shape index (κ1) is 16.3. The van der Waals surface area contributed by atoms with E-state index in [1.54, 1.807) is 0 Å². The van der Waals surface area contributed by atoms with Crippen LogP contribution in [-0.2, 0) is 9.31 Å². The van der Waals surface area contributed by atoms with E-state index in [1.165, 1.54) is 5.69 Å². The van der Waals surface area contributed by atoms with Crippen molar-refractivity contribution < 1.29 is 9.31 Å². The molecule has 2 fully saturated rings. The third-order valence-corrected chi connectivity index (χ3v) is 5.72. The molecule has 4 nitrogen and oxygen atoms in total. The highest BCUT2D eigenvalue weighted by Crippen LogP contribution is 2.36. The minimum absolute atomic E-state index is 0.279. The van der Waals surface area contributed by atoms with Crippen LogP contribution in [0.25, 0.3) is 0 Å². The molecule has 6 heteroatoms. The molecule has 120 valence electrons. The Hall–Kier alpha value is -0.555. The highest BCUT2D eigenvalue weighted by molar-refractivity contribution is 9.07. The molecule has 0 saturated carbocycles. The predicted octanol–water partition coefficient (Wildman–Crippen LogP) is 2.42. The largest absolute Gasteiger partial charge is 0.494 e. The van der Waals surface area contributed by atoms with Gasteiger partial charge in [0.25, 0.3) is 0 Å². The van der Waals surface area contributed by atoms with E-state index in [9.17, 15) is 0 Å². The molecule has 22 heavy (non-hydrogen) atoms. The molecule has 0 N–H and O–H groups in total. The van der Waals surface area contributed by atoms with Gasteiger partial charge in [-0.05, 0) is 45.3 Å². The van der Waals surface area contributed by atoms with Gasteiger partial charge in [0.05, 0.1) is 11.2 Å². The van der Waals surface area contributed by atoms with Crippen LogP contribution < -0.4 is 10.4 Å². The van der Waals surface area contributed by atoms with Gasteiger partial charge in [-0.3, -0.25) is 0 Å². The average Bonchev–Trinajstić information content (AvgIpc) is 2.68. The lowest BCUT2D eigenvalue weighted by atomic mass is 9.79. The Kier molecular flexibility index (Phi) is 4.31. The molecule has 2 heterocycles. The van der Waals surface area contributed by atoms with Gasteiger partial charge in [-0.15, -0.1) is 0 Å². The lowest BCUT2D eigenvalue weighted by Gasteiger charge is -2.32. The second-order valence-electron chi connectivity index (χ2n) is 7.08. The Morgan fingerprint density at radius 2 is 1.41 bits per heavy atom. The lowest BCUT2D eigenvalue weighted by molar-refractivity contribution is 0.00578. The molecule has 0 atom stereocenters. The zero-order valence-corrected chi connectivity index (χ0v) is 15.4. The van der Waals surface area contributed by atoms with Gasteiger partial charge in [-0.1, -0.05) is 12.1 Å². The van der Waals surface area contributed by atoms with Crippen LogP contribution in [0.3, 0.4) is 0 Å². The summed E-state index contributed by atoms with van der Waals surface area (Å²) in [4.78, 5) is 2.41. The van der Waals surface area contributed by atoms with Gasteiger partial charge in [0.2, 0.25) is 0 Å². The first-order valence-electron chi connectivity index (χ1n) is 7.90. The van der Waals surface area contributed by atoms with Crippen molar-refractivity contribution in [3.8, 4) is 0 Å². The summed E-state index contributed by atoms with van der Waals surface area (Å²) in [5, 5.41) is 0. The van der Waals surface area contributed by atoms with Crippen molar-refractivity contribution in [2.75, 3.05) is 31.1 Å². The summed E-state index contributed by atoms with van der Waals surface area (Å²) >= 11 is 3.54. The number of rotatable bonds is 2. The fraction of sp³-hybridized carbons (Fsp3) is 0.625. The van der Waals surface area contributed by atoms with Gasteiger partial charge in [0, 0.05) is 48.0 Å². The summed E-state index contributed by atoms with van der Waals surface area (Å²) < 4.78 is 14.4. The fourth-order valence-electron chi connectivity index (χ4n) is 2.76. The van der Waals surface area contributed by atoms with Crippen LogP contribution in [0.15, 0.2) is 24.3 Å². The number of hydrogen-bond acceptors (Lipinski definition) is 4. The number of hydrogen-bond donors (Lipinski definition) is 0. The molecule has 1 aromatic carbocycles. The quantitative estimate of drug-likeness (QED) is 0.592. The Morgan fingerprint density at radius 1 is 0.909 bits per heavy atom. The number of anilines is 1. The Balaban J connectivity index is 1.70. The van der Waals surface area contributed by atoms with Crippen molar-refractivity contribution in [1.29, 1.82) is 0 Å². The molecule has 2 aliphatic rings. The standard InChI is InChI=1S/C16H24BBrN2O2/c1-15(2)16(3,4)22-17(21-15)13-5-7-14(8-6-13)19-9-11-20(18)12-10-19/h5-8H,9-12H2,1-4H3. The van der Waals surface area contributed by atoms with Gasteiger partial charge in [-0.2, -0.15) is 0 Å². The van der Waals surface area contributed by atoms with Crippen LogP contribution in [0.5, 0.6) is 0 Å². The van der Waals surface area contributed by atoms with E-state index in [2.05, 4.69) is 76.9 Å². The maximum Gasteiger partial charge on any atom is 0.494 e.